The lowest BCUT2D eigenvalue weighted by molar-refractivity contribution is -0.127. The van der Waals surface area contributed by atoms with Gasteiger partial charge in [0.15, 0.2) is 0 Å². The maximum absolute atomic E-state index is 9.92. The molecule has 1 aliphatic heterocycles. The third-order valence-electron chi connectivity index (χ3n) is 0.329. The Hall–Kier alpha value is -0.350. The molecule has 1 heterocycles. The lowest BCUT2D eigenvalue weighted by atomic mass is 11.2. The molecule has 3 nitrogen and oxygen atoms in total. The standard InChI is InChI=1S/C2H2O3S/c3-6-2-1-4-5-6/h1-2H. The first-order chi connectivity index (χ1) is 2.89. The SMILES string of the molecule is O=S1C=COO1. The van der Waals surface area contributed by atoms with Gasteiger partial charge in [-0.2, -0.15) is 0 Å². The van der Waals surface area contributed by atoms with Crippen LogP contribution in [0.1, 0.15) is 0 Å². The highest BCUT2D eigenvalue weighted by Crippen LogP contribution is 1.97. The zero-order chi connectivity index (χ0) is 4.41. The minimum Gasteiger partial charge on any atom is -0.330 e. The molecule has 0 aliphatic carbocycles. The van der Waals surface area contributed by atoms with Crippen LogP contribution in [0, 0.1) is 0 Å². The van der Waals surface area contributed by atoms with Crippen LogP contribution in [0.15, 0.2) is 11.7 Å². The Morgan fingerprint density at radius 2 is 2.50 bits per heavy atom. The van der Waals surface area contributed by atoms with E-state index in [0.29, 0.717) is 0 Å². The number of hydrogen-bond acceptors (Lipinski definition) is 3. The molecule has 0 aromatic heterocycles. The second kappa shape index (κ2) is 1.40. The van der Waals surface area contributed by atoms with Gasteiger partial charge in [-0.15, -0.1) is 0 Å². The summed E-state index contributed by atoms with van der Waals surface area (Å²) in [7, 11) is 0. The van der Waals surface area contributed by atoms with Crippen LogP contribution in [0.3, 0.4) is 0 Å². The van der Waals surface area contributed by atoms with Crippen LogP contribution in [-0.4, -0.2) is 4.21 Å². The van der Waals surface area contributed by atoms with Crippen molar-refractivity contribution in [2.75, 3.05) is 0 Å². The van der Waals surface area contributed by atoms with Crippen LogP contribution < -0.4 is 0 Å². The lowest BCUT2D eigenvalue weighted by Crippen LogP contribution is -1.78. The van der Waals surface area contributed by atoms with E-state index in [0.717, 1.165) is 0 Å². The first-order valence-corrected chi connectivity index (χ1v) is 2.44. The summed E-state index contributed by atoms with van der Waals surface area (Å²) in [4.78, 5) is 4.08. The lowest BCUT2D eigenvalue weighted by Gasteiger charge is -1.78. The Bertz CT molecular complexity index is 97.0. The summed E-state index contributed by atoms with van der Waals surface area (Å²) in [6, 6.07) is 0. The molecule has 1 rings (SSSR count). The first-order valence-electron chi connectivity index (χ1n) is 1.30. The van der Waals surface area contributed by atoms with Gasteiger partial charge < -0.3 is 4.89 Å². The van der Waals surface area contributed by atoms with Crippen molar-refractivity contribution in [3.63, 3.8) is 0 Å². The van der Waals surface area contributed by atoms with Crippen LogP contribution in [-0.2, 0) is 20.3 Å². The summed E-state index contributed by atoms with van der Waals surface area (Å²) in [5, 5.41) is 1.31. The van der Waals surface area contributed by atoms with Gasteiger partial charge in [0.25, 0.3) is 0 Å². The van der Waals surface area contributed by atoms with Crippen LogP contribution in [0.25, 0.3) is 0 Å². The Balaban J connectivity index is 2.59. The molecule has 1 aliphatic rings. The highest BCUT2D eigenvalue weighted by Gasteiger charge is 1.99. The first kappa shape index (κ1) is 3.83. The molecule has 0 amide bonds. The van der Waals surface area contributed by atoms with Gasteiger partial charge in [0.1, 0.15) is 6.26 Å². The van der Waals surface area contributed by atoms with Gasteiger partial charge in [0.05, 0.1) is 5.41 Å². The topological polar surface area (TPSA) is 35.5 Å². The predicted molar refractivity (Wildman–Crippen MR) is 19.5 cm³/mol. The van der Waals surface area contributed by atoms with Gasteiger partial charge >= 0.3 is 0 Å². The van der Waals surface area contributed by atoms with Crippen molar-refractivity contribution < 1.29 is 13.4 Å². The van der Waals surface area contributed by atoms with E-state index < -0.39 is 11.1 Å². The molecule has 0 aromatic rings. The molecule has 0 spiro atoms. The van der Waals surface area contributed by atoms with Crippen molar-refractivity contribution in [3.8, 4) is 0 Å². The fraction of sp³-hybridized carbons (Fsp3) is 0. The Morgan fingerprint density at radius 1 is 1.67 bits per heavy atom. The van der Waals surface area contributed by atoms with Gasteiger partial charge in [-0.1, -0.05) is 4.33 Å². The molecule has 0 radical (unpaired) electrons. The number of hydrogen-bond donors (Lipinski definition) is 0. The normalized spacial score (nSPS) is 30.3. The molecule has 1 unspecified atom stereocenters. The average Bonchev–Trinajstić information content (AvgIpc) is 1.86. The molecule has 4 heteroatoms. The van der Waals surface area contributed by atoms with E-state index in [1.807, 2.05) is 0 Å². The molecule has 34 valence electrons. The van der Waals surface area contributed by atoms with E-state index in [1.165, 1.54) is 11.7 Å². The van der Waals surface area contributed by atoms with E-state index in [4.69, 9.17) is 0 Å². The summed E-state index contributed by atoms with van der Waals surface area (Å²) in [6.07, 6.45) is 1.23. The van der Waals surface area contributed by atoms with Crippen LogP contribution in [0.4, 0.5) is 0 Å². The quantitative estimate of drug-likeness (QED) is 0.410. The molecule has 1 atom stereocenters. The van der Waals surface area contributed by atoms with Crippen LogP contribution in [0.2, 0.25) is 0 Å². The van der Waals surface area contributed by atoms with Gasteiger partial charge in [-0.3, -0.25) is 0 Å². The van der Waals surface area contributed by atoms with Gasteiger partial charge in [0.2, 0.25) is 11.1 Å². The van der Waals surface area contributed by atoms with E-state index in [1.54, 1.807) is 0 Å². The molecule has 6 heavy (non-hydrogen) atoms. The Labute approximate surface area is 37.1 Å². The maximum Gasteiger partial charge on any atom is 0.228 e. The van der Waals surface area contributed by atoms with Crippen molar-refractivity contribution in [3.05, 3.63) is 11.7 Å². The Morgan fingerprint density at radius 3 is 2.67 bits per heavy atom. The fourth-order valence-electron chi connectivity index (χ4n) is 0.152. The second-order valence-electron chi connectivity index (χ2n) is 0.697. The summed E-state index contributed by atoms with van der Waals surface area (Å²) < 4.78 is 13.9. The van der Waals surface area contributed by atoms with Gasteiger partial charge in [-0.25, -0.2) is 4.21 Å². The summed E-state index contributed by atoms with van der Waals surface area (Å²) in [6.45, 7) is 0. The van der Waals surface area contributed by atoms with Crippen LogP contribution >= 0.6 is 0 Å². The van der Waals surface area contributed by atoms with Crippen molar-refractivity contribution >= 4 is 11.1 Å². The minimum atomic E-state index is -1.33. The number of rotatable bonds is 0. The molecule has 0 N–H and O–H groups in total. The molecular weight excluding hydrogens is 104 g/mol. The predicted octanol–water partition coefficient (Wildman–Crippen LogP) is 0.0831. The van der Waals surface area contributed by atoms with Crippen molar-refractivity contribution in [2.45, 2.75) is 0 Å². The average molecular weight is 106 g/mol. The van der Waals surface area contributed by atoms with Crippen LogP contribution in [0.5, 0.6) is 0 Å². The third-order valence-corrected chi connectivity index (χ3v) is 0.875. The van der Waals surface area contributed by atoms with Crippen molar-refractivity contribution in [1.82, 2.24) is 0 Å². The highest BCUT2D eigenvalue weighted by molar-refractivity contribution is 7.83. The summed E-state index contributed by atoms with van der Waals surface area (Å²) >= 11 is -1.33. The molecule has 0 fully saturated rings. The van der Waals surface area contributed by atoms with Gasteiger partial charge in [-0.05, 0) is 0 Å². The zero-order valence-corrected chi connectivity index (χ0v) is 3.60. The second-order valence-corrected chi connectivity index (χ2v) is 1.63. The third kappa shape index (κ3) is 0.580. The van der Waals surface area contributed by atoms with Crippen molar-refractivity contribution in [2.24, 2.45) is 0 Å². The van der Waals surface area contributed by atoms with Crippen molar-refractivity contribution in [1.29, 1.82) is 0 Å². The summed E-state index contributed by atoms with van der Waals surface area (Å²) in [5.74, 6) is 0. The molecule has 0 saturated heterocycles. The Kier molecular flexibility index (Phi) is 0.894. The van der Waals surface area contributed by atoms with E-state index >= 15 is 0 Å². The molecule has 0 bridgehead atoms. The molecule has 0 saturated carbocycles. The largest absolute Gasteiger partial charge is 0.330 e. The maximum atomic E-state index is 9.92. The monoisotopic (exact) mass is 106 g/mol. The summed E-state index contributed by atoms with van der Waals surface area (Å²) in [5.41, 5.74) is 0. The highest BCUT2D eigenvalue weighted by atomic mass is 32.2. The molecule has 0 aromatic carbocycles. The minimum absolute atomic E-state index is 1.23. The van der Waals surface area contributed by atoms with E-state index in [2.05, 4.69) is 9.22 Å². The van der Waals surface area contributed by atoms with E-state index in [9.17, 15) is 4.21 Å². The van der Waals surface area contributed by atoms with E-state index in [-0.39, 0.29) is 0 Å². The fourth-order valence-corrected chi connectivity index (χ4v) is 0.456. The smallest absolute Gasteiger partial charge is 0.228 e. The van der Waals surface area contributed by atoms with Gasteiger partial charge in [0, 0.05) is 0 Å². The molecular formula is C2H2O3S. The zero-order valence-electron chi connectivity index (χ0n) is 2.79.